The molecule has 0 aromatic heterocycles. The molecule has 1 aromatic rings. The average Bonchev–Trinajstić information content (AvgIpc) is 2.99. The third-order valence-corrected chi connectivity index (χ3v) is 3.29. The number of amides is 1. The SMILES string of the molecule is COC(=O)[C@H](NC(=O)C1CCNC1)c1ccccc1.Cl. The third kappa shape index (κ3) is 3.95. The molecule has 5 nitrogen and oxygen atoms in total. The molecule has 1 heterocycles. The smallest absolute Gasteiger partial charge is 0.333 e. The molecule has 20 heavy (non-hydrogen) atoms. The molecule has 2 rings (SSSR count). The zero-order valence-electron chi connectivity index (χ0n) is 11.3. The Morgan fingerprint density at radius 1 is 1.35 bits per heavy atom. The molecule has 1 saturated heterocycles. The fourth-order valence-corrected chi connectivity index (χ4v) is 2.18. The number of rotatable bonds is 4. The summed E-state index contributed by atoms with van der Waals surface area (Å²) in [5.41, 5.74) is 0.730. The van der Waals surface area contributed by atoms with Crippen LogP contribution in [0.3, 0.4) is 0 Å². The van der Waals surface area contributed by atoms with Gasteiger partial charge in [-0.25, -0.2) is 4.79 Å². The Balaban J connectivity index is 0.00000200. The Kier molecular flexibility index (Phi) is 6.48. The summed E-state index contributed by atoms with van der Waals surface area (Å²) < 4.78 is 4.76. The second-order valence-electron chi connectivity index (χ2n) is 4.57. The largest absolute Gasteiger partial charge is 0.467 e. The highest BCUT2D eigenvalue weighted by molar-refractivity contribution is 5.87. The van der Waals surface area contributed by atoms with Gasteiger partial charge in [-0.2, -0.15) is 0 Å². The minimum atomic E-state index is -0.737. The second-order valence-corrected chi connectivity index (χ2v) is 4.57. The predicted molar refractivity (Wildman–Crippen MR) is 77.6 cm³/mol. The van der Waals surface area contributed by atoms with Crippen molar-refractivity contribution < 1.29 is 14.3 Å². The van der Waals surface area contributed by atoms with Gasteiger partial charge in [-0.05, 0) is 18.5 Å². The molecule has 110 valence electrons. The first kappa shape index (κ1) is 16.5. The molecule has 0 spiro atoms. The summed E-state index contributed by atoms with van der Waals surface area (Å²) in [6.45, 7) is 1.50. The molecule has 0 bridgehead atoms. The Hall–Kier alpha value is -1.59. The molecular weight excluding hydrogens is 280 g/mol. The van der Waals surface area contributed by atoms with Crippen molar-refractivity contribution in [1.29, 1.82) is 0 Å². The van der Waals surface area contributed by atoms with E-state index < -0.39 is 12.0 Å². The van der Waals surface area contributed by atoms with Crippen molar-refractivity contribution in [2.75, 3.05) is 20.2 Å². The van der Waals surface area contributed by atoms with Crippen molar-refractivity contribution in [1.82, 2.24) is 10.6 Å². The van der Waals surface area contributed by atoms with E-state index >= 15 is 0 Å². The number of hydrogen-bond donors (Lipinski definition) is 2. The molecule has 1 fully saturated rings. The first-order chi connectivity index (χ1) is 9.22. The number of methoxy groups -OCH3 is 1. The number of carbonyl (C=O) groups is 2. The average molecular weight is 299 g/mol. The van der Waals surface area contributed by atoms with Gasteiger partial charge in [0.25, 0.3) is 0 Å². The summed E-state index contributed by atoms with van der Waals surface area (Å²) in [5, 5.41) is 5.90. The monoisotopic (exact) mass is 298 g/mol. The zero-order valence-corrected chi connectivity index (χ0v) is 12.1. The van der Waals surface area contributed by atoms with Gasteiger partial charge < -0.3 is 15.4 Å². The molecule has 1 aliphatic heterocycles. The van der Waals surface area contributed by atoms with Gasteiger partial charge in [0.2, 0.25) is 5.91 Å². The molecule has 1 amide bonds. The van der Waals surface area contributed by atoms with Crippen LogP contribution in [0, 0.1) is 5.92 Å². The lowest BCUT2D eigenvalue weighted by atomic mass is 10.0. The lowest BCUT2D eigenvalue weighted by molar-refractivity contribution is -0.145. The van der Waals surface area contributed by atoms with Crippen LogP contribution in [0.5, 0.6) is 0 Å². The summed E-state index contributed by atoms with van der Waals surface area (Å²) in [4.78, 5) is 23.9. The van der Waals surface area contributed by atoms with Crippen LogP contribution in [0.4, 0.5) is 0 Å². The number of benzene rings is 1. The number of hydrogen-bond acceptors (Lipinski definition) is 4. The highest BCUT2D eigenvalue weighted by Gasteiger charge is 2.28. The normalized spacial score (nSPS) is 18.8. The van der Waals surface area contributed by atoms with Gasteiger partial charge in [0.1, 0.15) is 0 Å². The van der Waals surface area contributed by atoms with Crippen LogP contribution >= 0.6 is 12.4 Å². The molecule has 0 radical (unpaired) electrons. The van der Waals surface area contributed by atoms with Crippen molar-refractivity contribution in [3.8, 4) is 0 Å². The van der Waals surface area contributed by atoms with Crippen molar-refractivity contribution >= 4 is 24.3 Å². The van der Waals surface area contributed by atoms with E-state index in [4.69, 9.17) is 4.74 Å². The van der Waals surface area contributed by atoms with Gasteiger partial charge >= 0.3 is 5.97 Å². The van der Waals surface area contributed by atoms with Crippen LogP contribution in [0.1, 0.15) is 18.0 Å². The van der Waals surface area contributed by atoms with E-state index in [9.17, 15) is 9.59 Å². The number of esters is 1. The minimum absolute atomic E-state index is 0. The molecule has 6 heteroatoms. The molecule has 1 aliphatic rings. The lowest BCUT2D eigenvalue weighted by Crippen LogP contribution is -2.38. The van der Waals surface area contributed by atoms with Crippen molar-refractivity contribution in [2.24, 2.45) is 5.92 Å². The van der Waals surface area contributed by atoms with Crippen molar-refractivity contribution in [3.63, 3.8) is 0 Å². The number of halogens is 1. The van der Waals surface area contributed by atoms with E-state index in [1.165, 1.54) is 7.11 Å². The molecular formula is C14H19ClN2O3. The molecule has 1 unspecified atom stereocenters. The van der Waals surface area contributed by atoms with E-state index in [-0.39, 0.29) is 24.2 Å². The summed E-state index contributed by atoms with van der Waals surface area (Å²) in [5.74, 6) is -0.634. The molecule has 2 N–H and O–H groups in total. The minimum Gasteiger partial charge on any atom is -0.467 e. The second kappa shape index (κ2) is 7.87. The van der Waals surface area contributed by atoms with Crippen molar-refractivity contribution in [3.05, 3.63) is 35.9 Å². The predicted octanol–water partition coefficient (Wildman–Crippen LogP) is 1.05. The maximum atomic E-state index is 12.1. The van der Waals surface area contributed by atoms with E-state index in [1.54, 1.807) is 12.1 Å². The highest BCUT2D eigenvalue weighted by atomic mass is 35.5. The maximum Gasteiger partial charge on any atom is 0.333 e. The Morgan fingerprint density at radius 3 is 2.60 bits per heavy atom. The van der Waals surface area contributed by atoms with Crippen LogP contribution in [-0.2, 0) is 14.3 Å². The quantitative estimate of drug-likeness (QED) is 0.815. The maximum absolute atomic E-state index is 12.1. The van der Waals surface area contributed by atoms with Crippen molar-refractivity contribution in [2.45, 2.75) is 12.5 Å². The van der Waals surface area contributed by atoms with Gasteiger partial charge in [0, 0.05) is 6.54 Å². The van der Waals surface area contributed by atoms with E-state index in [0.717, 1.165) is 18.5 Å². The van der Waals surface area contributed by atoms with Crippen LogP contribution < -0.4 is 10.6 Å². The standard InChI is InChI=1S/C14H18N2O3.ClH/c1-19-14(18)12(10-5-3-2-4-6-10)16-13(17)11-7-8-15-9-11;/h2-6,11-12,15H,7-9H2,1H3,(H,16,17);1H/t11?,12-;/m1./s1. The molecule has 0 saturated carbocycles. The Morgan fingerprint density at radius 2 is 2.05 bits per heavy atom. The third-order valence-electron chi connectivity index (χ3n) is 3.29. The molecule has 1 aromatic carbocycles. The van der Waals surface area contributed by atoms with E-state index in [2.05, 4.69) is 10.6 Å². The fourth-order valence-electron chi connectivity index (χ4n) is 2.18. The Bertz CT molecular complexity index is 447. The molecule has 2 atom stereocenters. The summed E-state index contributed by atoms with van der Waals surface area (Å²) >= 11 is 0. The summed E-state index contributed by atoms with van der Waals surface area (Å²) in [7, 11) is 1.32. The number of nitrogens with one attached hydrogen (secondary N) is 2. The van der Waals surface area contributed by atoms with Gasteiger partial charge in [0.05, 0.1) is 13.0 Å². The van der Waals surface area contributed by atoms with Gasteiger partial charge in [0.15, 0.2) is 6.04 Å². The first-order valence-corrected chi connectivity index (χ1v) is 6.36. The van der Waals surface area contributed by atoms with Crippen LogP contribution in [0.25, 0.3) is 0 Å². The van der Waals surface area contributed by atoms with Gasteiger partial charge in [-0.1, -0.05) is 30.3 Å². The highest BCUT2D eigenvalue weighted by Crippen LogP contribution is 2.16. The number of carbonyl (C=O) groups excluding carboxylic acids is 2. The number of ether oxygens (including phenoxy) is 1. The Labute approximate surface area is 124 Å². The van der Waals surface area contributed by atoms with Gasteiger partial charge in [-0.15, -0.1) is 12.4 Å². The topological polar surface area (TPSA) is 67.4 Å². The summed E-state index contributed by atoms with van der Waals surface area (Å²) in [6, 6.07) is 8.38. The molecule has 0 aliphatic carbocycles. The van der Waals surface area contributed by atoms with Gasteiger partial charge in [-0.3, -0.25) is 4.79 Å². The lowest BCUT2D eigenvalue weighted by Gasteiger charge is -2.18. The van der Waals surface area contributed by atoms with Crippen LogP contribution in [-0.4, -0.2) is 32.1 Å². The van der Waals surface area contributed by atoms with E-state index in [0.29, 0.717) is 6.54 Å². The first-order valence-electron chi connectivity index (χ1n) is 6.36. The fraction of sp³-hybridized carbons (Fsp3) is 0.429. The van der Waals surface area contributed by atoms with Crippen LogP contribution in [0.15, 0.2) is 30.3 Å². The zero-order chi connectivity index (χ0) is 13.7. The summed E-state index contributed by atoms with van der Waals surface area (Å²) in [6.07, 6.45) is 0.800. The van der Waals surface area contributed by atoms with Crippen LogP contribution in [0.2, 0.25) is 0 Å². The van der Waals surface area contributed by atoms with E-state index in [1.807, 2.05) is 18.2 Å².